The number of nitrogens with one attached hydrogen (secondary N) is 8. The van der Waals surface area contributed by atoms with Crippen LogP contribution in [0, 0.1) is 35.5 Å². The highest BCUT2D eigenvalue weighted by Gasteiger charge is 2.38. The molecule has 2 heterocycles. The number of piperidine rings is 1. The number of Topliss-reactive ketones (excluding diaryl/α,β-unsaturated/α-hetero) is 4. The van der Waals surface area contributed by atoms with E-state index in [4.69, 9.17) is 28.7 Å². The maximum absolute atomic E-state index is 14.7. The van der Waals surface area contributed by atoms with Crippen LogP contribution in [0.25, 0.3) is 0 Å². The third-order valence-electron chi connectivity index (χ3n) is 15.7. The fraction of sp³-hybridized carbons (Fsp3) is 0.712. The van der Waals surface area contributed by atoms with Crippen molar-refractivity contribution in [2.75, 3.05) is 52.4 Å². The van der Waals surface area contributed by atoms with Crippen LogP contribution in [0.4, 0.5) is 0 Å². The SMILES string of the molecule is CC(C)C[C@@H]1NC(=O)[C@@H](Cc2ccccc2)CC(=O)[C@H](CCN)NC(=O)[C@@H](CC(=O)[C@H](CCN)NC(=O)[C@@H](CC(=O)[C@H](CCCCN)NC(=O)C2CCNCC2)C(C)O)CCNC(=O)[C@H](C(C)O)CC(=O)[C@H](CCN)NC(=O)[C@H](CCN)NC1=O. The van der Waals surface area contributed by atoms with E-state index in [1.165, 1.54) is 13.8 Å². The number of rotatable bonds is 28. The number of hydrogen-bond donors (Lipinski definition) is 15. The van der Waals surface area contributed by atoms with Crippen molar-refractivity contribution >= 4 is 64.5 Å². The van der Waals surface area contributed by atoms with Crippen molar-refractivity contribution in [1.82, 2.24) is 42.5 Å². The fourth-order valence-corrected chi connectivity index (χ4v) is 10.6. The van der Waals surface area contributed by atoms with Gasteiger partial charge in [-0.2, -0.15) is 0 Å². The lowest BCUT2D eigenvalue weighted by molar-refractivity contribution is -0.138. The van der Waals surface area contributed by atoms with Gasteiger partial charge in [0.25, 0.3) is 0 Å². The van der Waals surface area contributed by atoms with E-state index in [-0.39, 0.29) is 102 Å². The van der Waals surface area contributed by atoms with Gasteiger partial charge in [-0.3, -0.25) is 52.7 Å². The van der Waals surface area contributed by atoms with Crippen LogP contribution in [0.3, 0.4) is 0 Å². The van der Waals surface area contributed by atoms with Gasteiger partial charge in [-0.1, -0.05) is 44.2 Å². The number of aliphatic hydroxyl groups is 2. The van der Waals surface area contributed by atoms with Gasteiger partial charge in [0.2, 0.25) is 41.4 Å². The number of carbonyl (C=O) groups is 11. The molecule has 20 N–H and O–H groups in total. The number of aliphatic hydroxyl groups excluding tert-OH is 2. The summed E-state index contributed by atoms with van der Waals surface area (Å²) < 4.78 is 0. The van der Waals surface area contributed by atoms with Crippen LogP contribution >= 0.6 is 0 Å². The normalized spacial score (nSPS) is 24.1. The van der Waals surface area contributed by atoms with Crippen LogP contribution < -0.4 is 71.2 Å². The molecule has 85 heavy (non-hydrogen) atoms. The molecule has 7 amide bonds. The molecule has 26 heteroatoms. The highest BCUT2D eigenvalue weighted by molar-refractivity contribution is 5.99. The summed E-state index contributed by atoms with van der Waals surface area (Å²) >= 11 is 0. The van der Waals surface area contributed by atoms with Gasteiger partial charge < -0.3 is 81.4 Å². The van der Waals surface area contributed by atoms with Crippen molar-refractivity contribution in [3.63, 3.8) is 0 Å². The first-order valence-corrected chi connectivity index (χ1v) is 30.3. The van der Waals surface area contributed by atoms with Crippen LogP contribution in [0.5, 0.6) is 0 Å². The molecular formula is C59H99N13O13. The molecule has 2 aliphatic rings. The van der Waals surface area contributed by atoms with Gasteiger partial charge in [-0.25, -0.2) is 0 Å². The maximum atomic E-state index is 14.7. The average Bonchev–Trinajstić information content (AvgIpc) is 3.69. The maximum Gasteiger partial charge on any atom is 0.243 e. The van der Waals surface area contributed by atoms with E-state index in [0.29, 0.717) is 50.9 Å². The zero-order chi connectivity index (χ0) is 63.2. The zero-order valence-electron chi connectivity index (χ0n) is 50.2. The molecule has 2 saturated heterocycles. The largest absolute Gasteiger partial charge is 0.393 e. The summed E-state index contributed by atoms with van der Waals surface area (Å²) in [6.07, 6.45) is -3.22. The highest BCUT2D eigenvalue weighted by atomic mass is 16.3. The van der Waals surface area contributed by atoms with Crippen molar-refractivity contribution in [1.29, 1.82) is 0 Å². The summed E-state index contributed by atoms with van der Waals surface area (Å²) in [7, 11) is 0. The molecular weight excluding hydrogens is 1100 g/mol. The second-order valence-corrected chi connectivity index (χ2v) is 23.2. The summed E-state index contributed by atoms with van der Waals surface area (Å²) in [6.45, 7) is 7.09. The van der Waals surface area contributed by atoms with E-state index < -0.39 is 156 Å². The van der Waals surface area contributed by atoms with Crippen LogP contribution in [0.1, 0.15) is 130 Å². The molecule has 2 aliphatic heterocycles. The minimum absolute atomic E-state index is 0.0134. The van der Waals surface area contributed by atoms with Gasteiger partial charge in [0.1, 0.15) is 12.1 Å². The minimum atomic E-state index is -1.43. The molecule has 0 spiro atoms. The van der Waals surface area contributed by atoms with Gasteiger partial charge >= 0.3 is 0 Å². The Morgan fingerprint density at radius 1 is 0.588 bits per heavy atom. The van der Waals surface area contributed by atoms with Crippen molar-refractivity contribution < 1.29 is 63.0 Å². The Morgan fingerprint density at radius 3 is 1.72 bits per heavy atom. The van der Waals surface area contributed by atoms with E-state index in [1.54, 1.807) is 30.3 Å². The summed E-state index contributed by atoms with van der Waals surface area (Å²) in [4.78, 5) is 156. The molecule has 1 aromatic carbocycles. The predicted molar refractivity (Wildman–Crippen MR) is 318 cm³/mol. The molecule has 0 aromatic heterocycles. The Balaban J connectivity index is 2.09. The molecule has 12 atom stereocenters. The Kier molecular flexibility index (Phi) is 33.4. The third kappa shape index (κ3) is 25.4. The van der Waals surface area contributed by atoms with Gasteiger partial charge in [-0.15, -0.1) is 0 Å². The second kappa shape index (κ2) is 38.8. The molecule has 0 aliphatic carbocycles. The van der Waals surface area contributed by atoms with Crippen molar-refractivity contribution in [3.8, 4) is 0 Å². The van der Waals surface area contributed by atoms with Crippen molar-refractivity contribution in [2.45, 2.75) is 179 Å². The average molecular weight is 1200 g/mol. The lowest BCUT2D eigenvalue weighted by Crippen LogP contribution is -2.57. The van der Waals surface area contributed by atoms with Gasteiger partial charge in [0.15, 0.2) is 23.1 Å². The molecule has 0 radical (unpaired) electrons. The summed E-state index contributed by atoms with van der Waals surface area (Å²) in [6, 6.07) is 1.27. The van der Waals surface area contributed by atoms with Crippen molar-refractivity contribution in [2.24, 2.45) is 64.2 Å². The molecule has 478 valence electrons. The van der Waals surface area contributed by atoms with E-state index in [0.717, 1.165) is 0 Å². The topological polar surface area (TPSA) is 455 Å². The second-order valence-electron chi connectivity index (χ2n) is 23.2. The quantitative estimate of drug-likeness (QED) is 0.0379. The Hall–Kier alpha value is -6.13. The third-order valence-corrected chi connectivity index (χ3v) is 15.7. The summed E-state index contributed by atoms with van der Waals surface area (Å²) in [5, 5.41) is 44.0. The lowest BCUT2D eigenvalue weighted by Gasteiger charge is -2.28. The molecule has 2 unspecified atom stereocenters. The van der Waals surface area contributed by atoms with E-state index in [9.17, 15) is 63.0 Å². The zero-order valence-corrected chi connectivity index (χ0v) is 50.2. The standard InChI is InChI=1S/C59H99N13O13/c1-34(2)28-48-59(85)71-47(16-24-64)58(84)70-46(15-23-63)52(78)32-41(35(3)73)56(82)66-27-19-39(54(80)68-44(13-21-61)50(76)31-40(55(81)72-48)29-37-10-6-5-7-11-37)30-49(75)45(14-22-62)69-57(83)42(36(4)74)33-51(77)43(12-8-9-20-60)67-53(79)38-17-25-65-26-18-38/h5-7,10-11,34-36,38-48,65,73-74H,8-9,12-33,60-64H2,1-4H3,(H,66,82)(H,67,79)(H,68,80)(H,69,83)(H,70,84)(H,71,85)(H,72,81)/t35?,36?,39-,40+,41+,42+,43+,44+,45+,46+,47+,48+/m1/s1. The van der Waals surface area contributed by atoms with E-state index in [2.05, 4.69) is 42.5 Å². The minimum Gasteiger partial charge on any atom is -0.393 e. The van der Waals surface area contributed by atoms with Gasteiger partial charge in [0, 0.05) is 50.0 Å². The number of unbranched alkanes of at least 4 members (excludes halogenated alkanes) is 1. The van der Waals surface area contributed by atoms with Crippen molar-refractivity contribution in [3.05, 3.63) is 35.9 Å². The van der Waals surface area contributed by atoms with Crippen LogP contribution in [0.15, 0.2) is 30.3 Å². The monoisotopic (exact) mass is 1200 g/mol. The Morgan fingerprint density at radius 2 is 1.14 bits per heavy atom. The molecule has 1 aromatic rings. The molecule has 0 saturated carbocycles. The smallest absolute Gasteiger partial charge is 0.243 e. The fourth-order valence-electron chi connectivity index (χ4n) is 10.6. The molecule has 0 bridgehead atoms. The Labute approximate surface area is 499 Å². The van der Waals surface area contributed by atoms with Crippen LogP contribution in [-0.4, -0.2) is 176 Å². The lowest BCUT2D eigenvalue weighted by atomic mass is 9.88. The summed E-state index contributed by atoms with van der Waals surface area (Å²) in [5.74, 6) is -13.4. The number of hydrogen-bond acceptors (Lipinski definition) is 19. The highest BCUT2D eigenvalue weighted by Crippen LogP contribution is 2.22. The van der Waals surface area contributed by atoms with Crippen LogP contribution in [-0.2, 0) is 59.2 Å². The first kappa shape index (κ1) is 73.1. The molecule has 26 nitrogen and oxygen atoms in total. The van der Waals surface area contributed by atoms with E-state index >= 15 is 0 Å². The number of ketones is 4. The number of nitrogens with two attached hydrogens (primary N) is 5. The van der Waals surface area contributed by atoms with E-state index in [1.807, 2.05) is 13.8 Å². The number of carbonyl (C=O) groups excluding carboxylic acids is 11. The molecule has 2 fully saturated rings. The molecule has 3 rings (SSSR count). The first-order chi connectivity index (χ1) is 40.5. The first-order valence-electron chi connectivity index (χ1n) is 30.3. The predicted octanol–water partition coefficient (Wildman–Crippen LogP) is -2.71. The number of amides is 7. The Bertz CT molecular complexity index is 2340. The van der Waals surface area contributed by atoms with Gasteiger partial charge in [0.05, 0.1) is 48.2 Å². The summed E-state index contributed by atoms with van der Waals surface area (Å²) in [5.41, 5.74) is 30.2. The van der Waals surface area contributed by atoms with Gasteiger partial charge in [-0.05, 0) is 148 Å². The van der Waals surface area contributed by atoms with Crippen LogP contribution in [0.2, 0.25) is 0 Å². The number of benzene rings is 1.